The van der Waals surface area contributed by atoms with Crippen molar-refractivity contribution in [2.45, 2.75) is 53.0 Å². The molecule has 10 heteroatoms. The molecule has 1 aromatic carbocycles. The molecule has 0 aliphatic carbocycles. The number of hydrogen-bond donors (Lipinski definition) is 1. The predicted molar refractivity (Wildman–Crippen MR) is 154 cm³/mol. The highest BCUT2D eigenvalue weighted by molar-refractivity contribution is 5.83. The van der Waals surface area contributed by atoms with Crippen molar-refractivity contribution in [3.05, 3.63) is 54.1 Å². The summed E-state index contributed by atoms with van der Waals surface area (Å²) >= 11 is 0. The number of benzene rings is 1. The lowest BCUT2D eigenvalue weighted by molar-refractivity contribution is 0.110. The van der Waals surface area contributed by atoms with Gasteiger partial charge in [-0.3, -0.25) is 0 Å². The summed E-state index contributed by atoms with van der Waals surface area (Å²) in [6.07, 6.45) is 6.72. The average molecular weight is 547 g/mol. The molecule has 6 rings (SSSR count). The molecule has 2 saturated heterocycles. The summed E-state index contributed by atoms with van der Waals surface area (Å²) in [6, 6.07) is 7.02. The van der Waals surface area contributed by atoms with E-state index in [0.717, 1.165) is 31.5 Å². The van der Waals surface area contributed by atoms with Gasteiger partial charge in [0.15, 0.2) is 11.6 Å². The first-order valence-electron chi connectivity index (χ1n) is 14.2. The second-order valence-corrected chi connectivity index (χ2v) is 11.5. The van der Waals surface area contributed by atoms with Crippen LogP contribution in [0, 0.1) is 24.0 Å². The Bertz CT molecular complexity index is 1530. The van der Waals surface area contributed by atoms with E-state index in [2.05, 4.69) is 48.0 Å². The molecule has 2 aliphatic rings. The Morgan fingerprint density at radius 2 is 1.85 bits per heavy atom. The Labute approximate surface area is 233 Å². The summed E-state index contributed by atoms with van der Waals surface area (Å²) in [7, 11) is 0. The van der Waals surface area contributed by atoms with E-state index in [4.69, 9.17) is 0 Å². The quantitative estimate of drug-likeness (QED) is 0.313. The molecule has 2 fully saturated rings. The fourth-order valence-electron chi connectivity index (χ4n) is 6.52. The highest BCUT2D eigenvalue weighted by atomic mass is 19.1. The Hall–Kier alpha value is -3.66. The SMILES string of the molecule is CCN1CCCC2(CCN(c3ccc(Nc4ncc(F)c(-c5cc(F)c6nc(C)n(C(C)C)c6c5)n4)nc3)C2)C1. The smallest absolute Gasteiger partial charge is 0.229 e. The molecule has 1 spiro atoms. The Morgan fingerprint density at radius 1 is 1.00 bits per heavy atom. The molecular weight excluding hydrogens is 510 g/mol. The van der Waals surface area contributed by atoms with E-state index in [1.807, 2.05) is 37.6 Å². The minimum absolute atomic E-state index is 0.0139. The lowest BCUT2D eigenvalue weighted by Gasteiger charge is -2.40. The van der Waals surface area contributed by atoms with E-state index >= 15 is 4.39 Å². The second-order valence-electron chi connectivity index (χ2n) is 11.5. The molecule has 3 aromatic heterocycles. The highest BCUT2D eigenvalue weighted by Gasteiger charge is 2.41. The number of imidazole rings is 1. The van der Waals surface area contributed by atoms with Crippen LogP contribution >= 0.6 is 0 Å². The maximum absolute atomic E-state index is 15.0. The van der Waals surface area contributed by atoms with Gasteiger partial charge in [-0.2, -0.15) is 0 Å². The van der Waals surface area contributed by atoms with E-state index in [9.17, 15) is 4.39 Å². The lowest BCUT2D eigenvalue weighted by Crippen LogP contribution is -2.44. The number of halogens is 2. The van der Waals surface area contributed by atoms with E-state index < -0.39 is 11.6 Å². The van der Waals surface area contributed by atoms with Crippen molar-refractivity contribution in [3.8, 4) is 11.3 Å². The van der Waals surface area contributed by atoms with Gasteiger partial charge < -0.3 is 19.7 Å². The minimum Gasteiger partial charge on any atom is -0.370 e. The van der Waals surface area contributed by atoms with Gasteiger partial charge in [-0.1, -0.05) is 6.92 Å². The molecule has 1 unspecified atom stereocenters. The van der Waals surface area contributed by atoms with E-state index in [0.29, 0.717) is 28.1 Å². The number of hydrogen-bond acceptors (Lipinski definition) is 7. The standard InChI is InChI=1S/C30H36F2N8/c1-5-38-11-6-9-30(17-38)10-12-39(18-30)22-7-8-26(33-15-22)36-29-34-16-24(32)27(37-29)21-13-23(31)28-25(14-21)40(19(2)3)20(4)35-28/h7-8,13-16,19H,5-6,9-12,17-18H2,1-4H3,(H,33,34,36,37). The predicted octanol–water partition coefficient (Wildman–Crippen LogP) is 6.11. The van der Waals surface area contributed by atoms with Gasteiger partial charge in [0, 0.05) is 36.7 Å². The fraction of sp³-hybridized carbons (Fsp3) is 0.467. The van der Waals surface area contributed by atoms with Gasteiger partial charge in [-0.05, 0) is 77.4 Å². The summed E-state index contributed by atoms with van der Waals surface area (Å²) in [4.78, 5) is 22.4. The first-order chi connectivity index (χ1) is 19.2. The maximum Gasteiger partial charge on any atom is 0.229 e. The summed E-state index contributed by atoms with van der Waals surface area (Å²) in [5, 5.41) is 3.08. The number of piperidine rings is 1. The summed E-state index contributed by atoms with van der Waals surface area (Å²) in [5.41, 5.74) is 2.68. The van der Waals surface area contributed by atoms with Crippen LogP contribution in [0.15, 0.2) is 36.7 Å². The van der Waals surface area contributed by atoms with Crippen LogP contribution in [0.25, 0.3) is 22.3 Å². The number of aryl methyl sites for hydroxylation is 1. The van der Waals surface area contributed by atoms with Crippen LogP contribution in [0.1, 0.15) is 51.9 Å². The maximum atomic E-state index is 15.0. The molecule has 1 N–H and O–H groups in total. The van der Waals surface area contributed by atoms with E-state index in [-0.39, 0.29) is 23.2 Å². The van der Waals surface area contributed by atoms with Gasteiger partial charge in [0.2, 0.25) is 5.95 Å². The zero-order valence-corrected chi connectivity index (χ0v) is 23.6. The number of nitrogens with one attached hydrogen (secondary N) is 1. The third-order valence-corrected chi connectivity index (χ3v) is 8.44. The third-order valence-electron chi connectivity index (χ3n) is 8.44. The number of aromatic nitrogens is 5. The van der Waals surface area contributed by atoms with Crippen LogP contribution in [0.2, 0.25) is 0 Å². The number of pyridine rings is 1. The molecule has 0 radical (unpaired) electrons. The number of anilines is 3. The van der Waals surface area contributed by atoms with Crippen LogP contribution in [0.4, 0.5) is 26.2 Å². The Morgan fingerprint density at radius 3 is 2.60 bits per heavy atom. The molecule has 0 amide bonds. The summed E-state index contributed by atoms with van der Waals surface area (Å²) in [6.45, 7) is 13.7. The lowest BCUT2D eigenvalue weighted by atomic mass is 9.79. The number of nitrogens with zero attached hydrogens (tertiary/aromatic N) is 7. The molecule has 1 atom stereocenters. The van der Waals surface area contributed by atoms with Crippen molar-refractivity contribution in [3.63, 3.8) is 0 Å². The zero-order chi connectivity index (χ0) is 28.0. The molecule has 40 heavy (non-hydrogen) atoms. The summed E-state index contributed by atoms with van der Waals surface area (Å²) in [5.74, 6) is 0.297. The van der Waals surface area contributed by atoms with Gasteiger partial charge >= 0.3 is 0 Å². The second kappa shape index (κ2) is 10.4. The largest absolute Gasteiger partial charge is 0.370 e. The molecule has 4 aromatic rings. The van der Waals surface area contributed by atoms with Gasteiger partial charge in [0.05, 0.1) is 23.6 Å². The first-order valence-corrected chi connectivity index (χ1v) is 14.2. The molecule has 210 valence electrons. The third kappa shape index (κ3) is 4.89. The van der Waals surface area contributed by atoms with Gasteiger partial charge in [0.1, 0.15) is 22.9 Å². The van der Waals surface area contributed by atoms with E-state index in [1.165, 1.54) is 38.4 Å². The van der Waals surface area contributed by atoms with Crippen LogP contribution in [0.3, 0.4) is 0 Å². The van der Waals surface area contributed by atoms with Gasteiger partial charge in [-0.25, -0.2) is 28.7 Å². The molecule has 0 saturated carbocycles. The minimum atomic E-state index is -0.632. The Balaban J connectivity index is 1.21. The first kappa shape index (κ1) is 26.6. The molecule has 8 nitrogen and oxygen atoms in total. The van der Waals surface area contributed by atoms with Crippen LogP contribution in [0.5, 0.6) is 0 Å². The van der Waals surface area contributed by atoms with Gasteiger partial charge in [0.25, 0.3) is 0 Å². The number of likely N-dealkylation sites (tertiary alicyclic amines) is 1. The van der Waals surface area contributed by atoms with Gasteiger partial charge in [-0.15, -0.1) is 0 Å². The topological polar surface area (TPSA) is 75.0 Å². The fourth-order valence-corrected chi connectivity index (χ4v) is 6.52. The molecule has 0 bridgehead atoms. The number of fused-ring (bicyclic) bond motifs is 1. The van der Waals surface area contributed by atoms with Crippen molar-refractivity contribution in [2.24, 2.45) is 5.41 Å². The zero-order valence-electron chi connectivity index (χ0n) is 23.6. The van der Waals surface area contributed by atoms with Crippen LogP contribution < -0.4 is 10.2 Å². The van der Waals surface area contributed by atoms with E-state index in [1.54, 1.807) is 6.07 Å². The normalized spacial score (nSPS) is 19.8. The monoisotopic (exact) mass is 546 g/mol. The van der Waals surface area contributed by atoms with Crippen molar-refractivity contribution in [2.75, 3.05) is 42.9 Å². The number of rotatable bonds is 6. The van der Waals surface area contributed by atoms with Crippen LogP contribution in [-0.2, 0) is 0 Å². The average Bonchev–Trinajstić information content (AvgIpc) is 3.50. The molecular formula is C30H36F2N8. The molecule has 5 heterocycles. The van der Waals surface area contributed by atoms with Crippen molar-refractivity contribution >= 4 is 28.5 Å². The van der Waals surface area contributed by atoms with Crippen molar-refractivity contribution in [1.29, 1.82) is 0 Å². The Kier molecular flexibility index (Phi) is 6.90. The molecule has 2 aliphatic heterocycles. The summed E-state index contributed by atoms with van der Waals surface area (Å²) < 4.78 is 31.8. The van der Waals surface area contributed by atoms with Crippen LogP contribution in [-0.4, -0.2) is 62.1 Å². The van der Waals surface area contributed by atoms with Crippen molar-refractivity contribution in [1.82, 2.24) is 29.4 Å². The highest BCUT2D eigenvalue weighted by Crippen LogP contribution is 2.40. The van der Waals surface area contributed by atoms with Crippen molar-refractivity contribution < 1.29 is 8.78 Å².